The minimum absolute atomic E-state index is 0.630. The van der Waals surface area contributed by atoms with Gasteiger partial charge in [0.15, 0.2) is 11.5 Å². The summed E-state index contributed by atoms with van der Waals surface area (Å²) in [5.41, 5.74) is 1.15. The Balaban J connectivity index is 2.31. The van der Waals surface area contributed by atoms with Crippen LogP contribution in [0.5, 0.6) is 11.5 Å². The monoisotopic (exact) mass is 241 g/mol. The van der Waals surface area contributed by atoms with Gasteiger partial charge in [0, 0.05) is 6.42 Å². The van der Waals surface area contributed by atoms with Crippen LogP contribution in [0.2, 0.25) is 5.02 Å². The van der Waals surface area contributed by atoms with Crippen molar-refractivity contribution in [3.05, 3.63) is 22.7 Å². The molecule has 0 aromatic heterocycles. The fourth-order valence-corrected chi connectivity index (χ4v) is 1.94. The Kier molecular flexibility index (Phi) is 3.91. The Bertz CT molecular complexity index is 368. The van der Waals surface area contributed by atoms with Crippen LogP contribution in [0.25, 0.3) is 0 Å². The van der Waals surface area contributed by atoms with E-state index in [9.17, 15) is 0 Å². The molecule has 4 heteroatoms. The van der Waals surface area contributed by atoms with Crippen LogP contribution in [0.1, 0.15) is 12.0 Å². The normalized spacial score (nSPS) is 14.6. The molecule has 1 aliphatic rings. The molecule has 0 unspecified atom stereocenters. The molecule has 1 N–H and O–H groups in total. The molecular weight excluding hydrogens is 226 g/mol. The number of benzene rings is 1. The molecule has 2 rings (SSSR count). The van der Waals surface area contributed by atoms with Gasteiger partial charge in [0.1, 0.15) is 0 Å². The fraction of sp³-hybridized carbons (Fsp3) is 0.500. The molecule has 1 aliphatic heterocycles. The van der Waals surface area contributed by atoms with Gasteiger partial charge >= 0.3 is 0 Å². The number of hydrogen-bond acceptors (Lipinski definition) is 3. The summed E-state index contributed by atoms with van der Waals surface area (Å²) in [5.74, 6) is 1.52. The van der Waals surface area contributed by atoms with Crippen LogP contribution < -0.4 is 14.8 Å². The van der Waals surface area contributed by atoms with E-state index in [1.54, 1.807) is 0 Å². The molecule has 0 radical (unpaired) electrons. The van der Waals surface area contributed by atoms with Crippen LogP contribution in [-0.2, 0) is 6.42 Å². The van der Waals surface area contributed by atoms with Gasteiger partial charge in [-0.2, -0.15) is 0 Å². The van der Waals surface area contributed by atoms with Crippen molar-refractivity contribution in [1.82, 2.24) is 5.32 Å². The predicted molar refractivity (Wildman–Crippen MR) is 64.7 cm³/mol. The van der Waals surface area contributed by atoms with Gasteiger partial charge in [-0.25, -0.2) is 0 Å². The van der Waals surface area contributed by atoms with E-state index in [1.807, 2.05) is 19.2 Å². The van der Waals surface area contributed by atoms with Crippen molar-refractivity contribution in [3.63, 3.8) is 0 Å². The van der Waals surface area contributed by atoms with Crippen molar-refractivity contribution < 1.29 is 9.47 Å². The molecule has 1 heterocycles. The Hall–Kier alpha value is -0.930. The minimum Gasteiger partial charge on any atom is -0.489 e. The summed E-state index contributed by atoms with van der Waals surface area (Å²) in [6.45, 7) is 2.28. The molecule has 88 valence electrons. The van der Waals surface area contributed by atoms with Gasteiger partial charge < -0.3 is 14.8 Å². The van der Waals surface area contributed by atoms with Gasteiger partial charge in [-0.05, 0) is 31.6 Å². The van der Waals surface area contributed by atoms with Crippen molar-refractivity contribution in [1.29, 1.82) is 0 Å². The SMILES string of the molecule is CNCCc1ccc(Cl)c2c1OCCCO2. The Morgan fingerprint density at radius 2 is 2.00 bits per heavy atom. The molecule has 0 atom stereocenters. The first-order valence-electron chi connectivity index (χ1n) is 5.54. The number of hydrogen-bond donors (Lipinski definition) is 1. The van der Waals surface area contributed by atoms with E-state index in [2.05, 4.69) is 5.32 Å². The lowest BCUT2D eigenvalue weighted by molar-refractivity contribution is 0.296. The summed E-state index contributed by atoms with van der Waals surface area (Å²) in [6.07, 6.45) is 1.82. The van der Waals surface area contributed by atoms with Gasteiger partial charge in [-0.1, -0.05) is 17.7 Å². The smallest absolute Gasteiger partial charge is 0.180 e. The van der Waals surface area contributed by atoms with Gasteiger partial charge in [0.2, 0.25) is 0 Å². The summed E-state index contributed by atoms with van der Waals surface area (Å²) < 4.78 is 11.3. The standard InChI is InChI=1S/C12H16ClNO2/c1-14-6-5-9-3-4-10(13)12-11(9)15-7-2-8-16-12/h3-4,14H,2,5-8H2,1H3. The summed E-state index contributed by atoms with van der Waals surface area (Å²) in [4.78, 5) is 0. The van der Waals surface area contributed by atoms with Gasteiger partial charge in [-0.15, -0.1) is 0 Å². The number of likely N-dealkylation sites (N-methyl/N-ethyl adjacent to an activating group) is 1. The fourth-order valence-electron chi connectivity index (χ4n) is 1.74. The molecule has 0 saturated carbocycles. The maximum atomic E-state index is 6.10. The van der Waals surface area contributed by atoms with E-state index in [-0.39, 0.29) is 0 Å². The maximum absolute atomic E-state index is 6.10. The third-order valence-electron chi connectivity index (χ3n) is 2.57. The van der Waals surface area contributed by atoms with Gasteiger partial charge in [0.25, 0.3) is 0 Å². The van der Waals surface area contributed by atoms with E-state index >= 15 is 0 Å². The van der Waals surface area contributed by atoms with E-state index in [4.69, 9.17) is 21.1 Å². The Morgan fingerprint density at radius 1 is 1.25 bits per heavy atom. The zero-order valence-electron chi connectivity index (χ0n) is 9.38. The quantitative estimate of drug-likeness (QED) is 0.881. The maximum Gasteiger partial charge on any atom is 0.180 e. The Morgan fingerprint density at radius 3 is 2.75 bits per heavy atom. The van der Waals surface area contributed by atoms with Gasteiger partial charge in [0.05, 0.1) is 18.2 Å². The highest BCUT2D eigenvalue weighted by atomic mass is 35.5. The molecule has 0 spiro atoms. The lowest BCUT2D eigenvalue weighted by Crippen LogP contribution is -2.11. The van der Waals surface area contributed by atoms with Crippen molar-refractivity contribution in [2.75, 3.05) is 26.8 Å². The second-order valence-electron chi connectivity index (χ2n) is 3.77. The van der Waals surface area contributed by atoms with E-state index < -0.39 is 0 Å². The molecule has 0 aliphatic carbocycles. The van der Waals surface area contributed by atoms with E-state index in [0.717, 1.165) is 30.7 Å². The third-order valence-corrected chi connectivity index (χ3v) is 2.87. The number of nitrogens with one attached hydrogen (secondary N) is 1. The first kappa shape index (κ1) is 11.6. The summed E-state index contributed by atoms with van der Waals surface area (Å²) in [7, 11) is 1.94. The number of rotatable bonds is 3. The number of fused-ring (bicyclic) bond motifs is 1. The van der Waals surface area contributed by atoms with Crippen LogP contribution >= 0.6 is 11.6 Å². The highest BCUT2D eigenvalue weighted by molar-refractivity contribution is 6.32. The molecule has 3 nitrogen and oxygen atoms in total. The van der Waals surface area contributed by atoms with E-state index in [1.165, 1.54) is 0 Å². The average Bonchev–Trinajstić information content (AvgIpc) is 2.54. The summed E-state index contributed by atoms with van der Waals surface area (Å²) in [5, 5.41) is 3.75. The first-order valence-corrected chi connectivity index (χ1v) is 5.92. The second kappa shape index (κ2) is 5.41. The molecule has 0 fully saturated rings. The Labute approximate surface area is 101 Å². The third kappa shape index (κ3) is 2.42. The summed E-state index contributed by atoms with van der Waals surface area (Å²) in [6, 6.07) is 3.88. The van der Waals surface area contributed by atoms with Crippen LogP contribution in [0, 0.1) is 0 Å². The molecule has 1 aromatic rings. The zero-order chi connectivity index (χ0) is 11.4. The predicted octanol–water partition coefficient (Wildman–Crippen LogP) is 2.26. The van der Waals surface area contributed by atoms with E-state index in [0.29, 0.717) is 24.0 Å². The highest BCUT2D eigenvalue weighted by Gasteiger charge is 2.17. The number of halogens is 1. The lowest BCUT2D eigenvalue weighted by Gasteiger charge is -2.13. The van der Waals surface area contributed by atoms with Crippen LogP contribution in [0.15, 0.2) is 12.1 Å². The van der Waals surface area contributed by atoms with Gasteiger partial charge in [-0.3, -0.25) is 0 Å². The van der Waals surface area contributed by atoms with Crippen LogP contribution in [-0.4, -0.2) is 26.8 Å². The zero-order valence-corrected chi connectivity index (χ0v) is 10.1. The highest BCUT2D eigenvalue weighted by Crippen LogP contribution is 2.39. The van der Waals surface area contributed by atoms with Crippen molar-refractivity contribution in [3.8, 4) is 11.5 Å². The van der Waals surface area contributed by atoms with Crippen molar-refractivity contribution in [2.24, 2.45) is 0 Å². The molecule has 0 saturated heterocycles. The summed E-state index contributed by atoms with van der Waals surface area (Å²) >= 11 is 6.10. The van der Waals surface area contributed by atoms with Crippen LogP contribution in [0.3, 0.4) is 0 Å². The molecule has 0 bridgehead atoms. The minimum atomic E-state index is 0.630. The number of ether oxygens (including phenoxy) is 2. The molecule has 0 amide bonds. The largest absolute Gasteiger partial charge is 0.489 e. The molecular formula is C12H16ClNO2. The lowest BCUT2D eigenvalue weighted by atomic mass is 10.1. The van der Waals surface area contributed by atoms with Crippen molar-refractivity contribution in [2.45, 2.75) is 12.8 Å². The topological polar surface area (TPSA) is 30.5 Å². The molecule has 16 heavy (non-hydrogen) atoms. The second-order valence-corrected chi connectivity index (χ2v) is 4.18. The molecule has 1 aromatic carbocycles. The first-order chi connectivity index (χ1) is 7.83. The van der Waals surface area contributed by atoms with Crippen molar-refractivity contribution >= 4 is 11.6 Å². The van der Waals surface area contributed by atoms with Crippen LogP contribution in [0.4, 0.5) is 0 Å². The average molecular weight is 242 g/mol.